The highest BCUT2D eigenvalue weighted by molar-refractivity contribution is 6.30. The molecule has 0 saturated carbocycles. The zero-order valence-electron chi connectivity index (χ0n) is 12.6. The summed E-state index contributed by atoms with van der Waals surface area (Å²) >= 11 is 6.07. The van der Waals surface area contributed by atoms with E-state index in [0.717, 1.165) is 22.9 Å². The Balaban J connectivity index is 2.16. The van der Waals surface area contributed by atoms with Crippen molar-refractivity contribution in [2.45, 2.75) is 19.5 Å². The molecule has 4 heteroatoms. The number of nitrogens with two attached hydrogens (primary N) is 1. The van der Waals surface area contributed by atoms with Crippen molar-refractivity contribution in [3.8, 4) is 5.75 Å². The van der Waals surface area contributed by atoms with Gasteiger partial charge in [-0.1, -0.05) is 29.8 Å². The SMILES string of the molecule is COc1cc(N)ccc1CN(C)C(C)c1cccc(Cl)c1. The average Bonchev–Trinajstić information content (AvgIpc) is 2.48. The van der Waals surface area contributed by atoms with Gasteiger partial charge in [0, 0.05) is 34.9 Å². The number of methoxy groups -OCH3 is 1. The molecule has 0 heterocycles. The minimum atomic E-state index is 0.256. The fourth-order valence-corrected chi connectivity index (χ4v) is 2.52. The maximum atomic E-state index is 6.07. The molecule has 112 valence electrons. The van der Waals surface area contributed by atoms with Gasteiger partial charge < -0.3 is 10.5 Å². The molecule has 2 N–H and O–H groups in total. The second-order valence-corrected chi connectivity index (χ2v) is 5.65. The molecule has 0 saturated heterocycles. The zero-order chi connectivity index (χ0) is 15.4. The van der Waals surface area contributed by atoms with Gasteiger partial charge in [-0.2, -0.15) is 0 Å². The third-order valence-corrected chi connectivity index (χ3v) is 3.96. The van der Waals surface area contributed by atoms with Crippen molar-refractivity contribution in [1.29, 1.82) is 0 Å². The van der Waals surface area contributed by atoms with Crippen LogP contribution in [0.15, 0.2) is 42.5 Å². The van der Waals surface area contributed by atoms with Crippen molar-refractivity contribution in [2.75, 3.05) is 19.9 Å². The third-order valence-electron chi connectivity index (χ3n) is 3.72. The molecule has 0 spiro atoms. The molecule has 1 unspecified atom stereocenters. The summed E-state index contributed by atoms with van der Waals surface area (Å²) in [6.07, 6.45) is 0. The first-order chi connectivity index (χ1) is 10.0. The van der Waals surface area contributed by atoms with E-state index < -0.39 is 0 Å². The minimum absolute atomic E-state index is 0.256. The first kappa shape index (κ1) is 15.7. The number of ether oxygens (including phenoxy) is 1. The van der Waals surface area contributed by atoms with Crippen LogP contribution in [0.25, 0.3) is 0 Å². The lowest BCUT2D eigenvalue weighted by atomic mass is 10.1. The van der Waals surface area contributed by atoms with E-state index in [0.29, 0.717) is 5.69 Å². The number of halogens is 1. The van der Waals surface area contributed by atoms with Gasteiger partial charge in [-0.25, -0.2) is 0 Å². The molecule has 2 aromatic rings. The quantitative estimate of drug-likeness (QED) is 0.844. The Morgan fingerprint density at radius 1 is 1.24 bits per heavy atom. The van der Waals surface area contributed by atoms with E-state index in [9.17, 15) is 0 Å². The molecular formula is C17H21ClN2O. The molecule has 2 rings (SSSR count). The number of nitrogens with zero attached hydrogens (tertiary/aromatic N) is 1. The van der Waals surface area contributed by atoms with Crippen molar-refractivity contribution < 1.29 is 4.74 Å². The Morgan fingerprint density at radius 2 is 2.00 bits per heavy atom. The number of anilines is 1. The van der Waals surface area contributed by atoms with Gasteiger partial charge in [0.05, 0.1) is 7.11 Å². The van der Waals surface area contributed by atoms with Gasteiger partial charge in [0.25, 0.3) is 0 Å². The molecule has 0 amide bonds. The topological polar surface area (TPSA) is 38.5 Å². The summed E-state index contributed by atoms with van der Waals surface area (Å²) in [4.78, 5) is 2.25. The lowest BCUT2D eigenvalue weighted by Gasteiger charge is -2.26. The first-order valence-electron chi connectivity index (χ1n) is 6.89. The van der Waals surface area contributed by atoms with Crippen molar-refractivity contribution in [3.63, 3.8) is 0 Å². The van der Waals surface area contributed by atoms with Crippen LogP contribution in [0.5, 0.6) is 5.75 Å². The van der Waals surface area contributed by atoms with E-state index in [1.807, 2.05) is 36.4 Å². The van der Waals surface area contributed by atoms with Crippen molar-refractivity contribution >= 4 is 17.3 Å². The fraction of sp³-hybridized carbons (Fsp3) is 0.294. The first-order valence-corrected chi connectivity index (χ1v) is 7.27. The molecule has 1 atom stereocenters. The highest BCUT2D eigenvalue weighted by atomic mass is 35.5. The van der Waals surface area contributed by atoms with Crippen LogP contribution >= 0.6 is 11.6 Å². The van der Waals surface area contributed by atoms with Gasteiger partial charge in [-0.3, -0.25) is 4.90 Å². The summed E-state index contributed by atoms with van der Waals surface area (Å²) in [5.74, 6) is 0.820. The van der Waals surface area contributed by atoms with Crippen LogP contribution in [0.3, 0.4) is 0 Å². The standard InChI is InChI=1S/C17H21ClN2O/c1-12(13-5-4-6-15(18)9-13)20(2)11-14-7-8-16(19)10-17(14)21-3/h4-10,12H,11,19H2,1-3H3. The second-order valence-electron chi connectivity index (χ2n) is 5.22. The van der Waals surface area contributed by atoms with E-state index in [1.54, 1.807) is 7.11 Å². The third kappa shape index (κ3) is 3.90. The minimum Gasteiger partial charge on any atom is -0.496 e. The molecule has 0 bridgehead atoms. The largest absolute Gasteiger partial charge is 0.496 e. The predicted molar refractivity (Wildman–Crippen MR) is 88.7 cm³/mol. The maximum absolute atomic E-state index is 6.07. The lowest BCUT2D eigenvalue weighted by Crippen LogP contribution is -2.22. The Morgan fingerprint density at radius 3 is 2.67 bits per heavy atom. The molecule has 0 aromatic heterocycles. The molecule has 2 aromatic carbocycles. The van der Waals surface area contributed by atoms with Crippen LogP contribution in [-0.2, 0) is 6.54 Å². The van der Waals surface area contributed by atoms with E-state index in [2.05, 4.69) is 24.9 Å². The van der Waals surface area contributed by atoms with Gasteiger partial charge in [0.1, 0.15) is 5.75 Å². The highest BCUT2D eigenvalue weighted by Crippen LogP contribution is 2.27. The van der Waals surface area contributed by atoms with Crippen LogP contribution in [0, 0.1) is 0 Å². The Hall–Kier alpha value is -1.71. The van der Waals surface area contributed by atoms with Crippen LogP contribution in [0.2, 0.25) is 5.02 Å². The van der Waals surface area contributed by atoms with Gasteiger partial charge in [0.2, 0.25) is 0 Å². The smallest absolute Gasteiger partial charge is 0.125 e. The van der Waals surface area contributed by atoms with Crippen LogP contribution < -0.4 is 10.5 Å². The Labute approximate surface area is 131 Å². The molecule has 0 aliphatic carbocycles. The molecule has 3 nitrogen and oxygen atoms in total. The van der Waals surface area contributed by atoms with Gasteiger partial charge in [0.15, 0.2) is 0 Å². The van der Waals surface area contributed by atoms with Gasteiger partial charge >= 0.3 is 0 Å². The van der Waals surface area contributed by atoms with E-state index in [4.69, 9.17) is 22.1 Å². The van der Waals surface area contributed by atoms with Gasteiger partial charge in [-0.15, -0.1) is 0 Å². The number of hydrogen-bond acceptors (Lipinski definition) is 3. The average molecular weight is 305 g/mol. The zero-order valence-corrected chi connectivity index (χ0v) is 13.4. The summed E-state index contributed by atoms with van der Waals surface area (Å²) in [5.41, 5.74) is 8.81. The summed E-state index contributed by atoms with van der Waals surface area (Å²) in [5, 5.41) is 0.762. The Bertz CT molecular complexity index is 615. The number of rotatable bonds is 5. The highest BCUT2D eigenvalue weighted by Gasteiger charge is 2.14. The second kappa shape index (κ2) is 6.83. The normalized spacial score (nSPS) is 12.4. The number of hydrogen-bond donors (Lipinski definition) is 1. The van der Waals surface area contributed by atoms with E-state index in [-0.39, 0.29) is 6.04 Å². The van der Waals surface area contributed by atoms with Crippen LogP contribution in [0.1, 0.15) is 24.1 Å². The maximum Gasteiger partial charge on any atom is 0.125 e. The molecule has 0 aliphatic heterocycles. The molecular weight excluding hydrogens is 284 g/mol. The monoisotopic (exact) mass is 304 g/mol. The van der Waals surface area contributed by atoms with E-state index >= 15 is 0 Å². The molecule has 0 radical (unpaired) electrons. The molecule has 21 heavy (non-hydrogen) atoms. The summed E-state index contributed by atoms with van der Waals surface area (Å²) in [7, 11) is 3.75. The predicted octanol–water partition coefficient (Wildman–Crippen LogP) is 4.12. The number of nitrogen functional groups attached to an aromatic ring is 1. The van der Waals surface area contributed by atoms with E-state index in [1.165, 1.54) is 5.56 Å². The molecule has 0 fully saturated rings. The summed E-state index contributed by atoms with van der Waals surface area (Å²) in [6, 6.07) is 14.0. The van der Waals surface area contributed by atoms with Crippen molar-refractivity contribution in [3.05, 3.63) is 58.6 Å². The van der Waals surface area contributed by atoms with Gasteiger partial charge in [-0.05, 0) is 37.7 Å². The van der Waals surface area contributed by atoms with Crippen molar-refractivity contribution in [1.82, 2.24) is 4.90 Å². The van der Waals surface area contributed by atoms with Crippen molar-refractivity contribution in [2.24, 2.45) is 0 Å². The van der Waals surface area contributed by atoms with Crippen LogP contribution in [0.4, 0.5) is 5.69 Å². The number of benzene rings is 2. The Kier molecular flexibility index (Phi) is 5.10. The fourth-order valence-electron chi connectivity index (χ4n) is 2.32. The van der Waals surface area contributed by atoms with Crippen LogP contribution in [-0.4, -0.2) is 19.1 Å². The lowest BCUT2D eigenvalue weighted by molar-refractivity contribution is 0.249. The summed E-state index contributed by atoms with van der Waals surface area (Å²) in [6.45, 7) is 2.94. The molecule has 0 aliphatic rings. The summed E-state index contributed by atoms with van der Waals surface area (Å²) < 4.78 is 5.40.